The van der Waals surface area contributed by atoms with Gasteiger partial charge in [-0.15, -0.1) is 0 Å². The van der Waals surface area contributed by atoms with E-state index in [-0.39, 0.29) is 11.3 Å². The Morgan fingerprint density at radius 3 is 2.54 bits per heavy atom. The molecular weight excluding hydrogens is 314 g/mol. The Hall–Kier alpha value is -3.09. The monoisotopic (exact) mass is 329 g/mol. The fourth-order valence-corrected chi connectivity index (χ4v) is 2.72. The lowest BCUT2D eigenvalue weighted by molar-refractivity contribution is -0.384. The number of non-ortho nitro benzene ring substituents is 1. The lowest BCUT2D eigenvalue weighted by atomic mass is 9.94. The highest BCUT2D eigenvalue weighted by molar-refractivity contribution is 5.93. The summed E-state index contributed by atoms with van der Waals surface area (Å²) in [5.41, 5.74) is 1.60. The number of esters is 1. The van der Waals surface area contributed by atoms with E-state index in [2.05, 4.69) is 0 Å². The minimum absolute atomic E-state index is 0.129. The Morgan fingerprint density at radius 1 is 1.12 bits per heavy atom. The first-order valence-electron chi connectivity index (χ1n) is 7.23. The van der Waals surface area contributed by atoms with Crippen LogP contribution >= 0.6 is 0 Å². The molecule has 7 nitrogen and oxygen atoms in total. The van der Waals surface area contributed by atoms with Crippen molar-refractivity contribution in [2.45, 2.75) is 12.5 Å². The number of nitrogens with zero attached hydrogens (tertiary/aromatic N) is 1. The van der Waals surface area contributed by atoms with Crippen LogP contribution in [0.15, 0.2) is 36.4 Å². The number of hydrogen-bond donors (Lipinski definition) is 0. The molecule has 1 heterocycles. The molecule has 0 N–H and O–H groups in total. The summed E-state index contributed by atoms with van der Waals surface area (Å²) in [5.74, 6) is 0.555. The number of benzene rings is 2. The second-order valence-corrected chi connectivity index (χ2v) is 5.31. The van der Waals surface area contributed by atoms with E-state index in [0.29, 0.717) is 17.9 Å². The van der Waals surface area contributed by atoms with Gasteiger partial charge < -0.3 is 14.2 Å². The zero-order valence-corrected chi connectivity index (χ0v) is 13.1. The Morgan fingerprint density at radius 2 is 1.88 bits per heavy atom. The van der Waals surface area contributed by atoms with Gasteiger partial charge in [0.2, 0.25) is 0 Å². The first kappa shape index (κ1) is 15.8. The number of nitro benzene ring substituents is 1. The molecule has 0 aliphatic carbocycles. The first-order valence-corrected chi connectivity index (χ1v) is 7.23. The normalized spacial score (nSPS) is 16.1. The molecule has 0 radical (unpaired) electrons. The Labute approximate surface area is 137 Å². The van der Waals surface area contributed by atoms with Crippen LogP contribution in [0.25, 0.3) is 0 Å². The molecule has 0 bridgehead atoms. The molecular formula is C17H15NO6. The summed E-state index contributed by atoms with van der Waals surface area (Å²) in [7, 11) is 3.07. The van der Waals surface area contributed by atoms with E-state index in [1.807, 2.05) is 0 Å². The average Bonchev–Trinajstić information content (AvgIpc) is 2.60. The second kappa shape index (κ2) is 6.19. The summed E-state index contributed by atoms with van der Waals surface area (Å²) < 4.78 is 15.9. The zero-order chi connectivity index (χ0) is 17.3. The summed E-state index contributed by atoms with van der Waals surface area (Å²) in [6.45, 7) is 0. The quantitative estimate of drug-likeness (QED) is 0.486. The summed E-state index contributed by atoms with van der Waals surface area (Å²) in [6.07, 6.45) is -0.0413. The molecule has 1 unspecified atom stereocenters. The topological polar surface area (TPSA) is 87.9 Å². The zero-order valence-electron chi connectivity index (χ0n) is 13.1. The molecule has 1 aliphatic heterocycles. The molecule has 1 atom stereocenters. The Bertz CT molecular complexity index is 817. The fourth-order valence-electron chi connectivity index (χ4n) is 2.72. The van der Waals surface area contributed by atoms with Crippen molar-refractivity contribution in [3.8, 4) is 11.5 Å². The van der Waals surface area contributed by atoms with Crippen molar-refractivity contribution in [2.24, 2.45) is 0 Å². The van der Waals surface area contributed by atoms with E-state index in [1.54, 1.807) is 31.4 Å². The fraction of sp³-hybridized carbons (Fsp3) is 0.235. The highest BCUT2D eigenvalue weighted by Gasteiger charge is 2.29. The predicted molar refractivity (Wildman–Crippen MR) is 84.5 cm³/mol. The number of nitro groups is 1. The molecule has 24 heavy (non-hydrogen) atoms. The van der Waals surface area contributed by atoms with E-state index in [1.165, 1.54) is 19.2 Å². The lowest BCUT2D eigenvalue weighted by Gasteiger charge is -2.25. The van der Waals surface area contributed by atoms with Crippen molar-refractivity contribution >= 4 is 11.7 Å². The summed E-state index contributed by atoms with van der Waals surface area (Å²) in [5, 5.41) is 10.8. The van der Waals surface area contributed by atoms with Crippen molar-refractivity contribution in [1.29, 1.82) is 0 Å². The van der Waals surface area contributed by atoms with Gasteiger partial charge in [-0.1, -0.05) is 12.1 Å². The van der Waals surface area contributed by atoms with Crippen LogP contribution in [0.3, 0.4) is 0 Å². The van der Waals surface area contributed by atoms with Crippen LogP contribution in [-0.2, 0) is 11.2 Å². The van der Waals surface area contributed by atoms with Gasteiger partial charge >= 0.3 is 5.97 Å². The largest absolute Gasteiger partial charge is 0.493 e. The van der Waals surface area contributed by atoms with Crippen molar-refractivity contribution in [3.05, 3.63) is 63.2 Å². The van der Waals surface area contributed by atoms with Gasteiger partial charge in [0.1, 0.15) is 6.10 Å². The standard InChI is InChI=1S/C17H15NO6/c1-22-14-6-4-11(8-16(14)23-2)15-7-10-3-5-12(18(20)21)9-13(10)17(19)24-15/h3-6,8-9,15H,7H2,1-2H3. The van der Waals surface area contributed by atoms with E-state index in [0.717, 1.165) is 11.1 Å². The van der Waals surface area contributed by atoms with Crippen LogP contribution in [-0.4, -0.2) is 25.1 Å². The van der Waals surface area contributed by atoms with Gasteiger partial charge in [0.25, 0.3) is 5.69 Å². The van der Waals surface area contributed by atoms with E-state index >= 15 is 0 Å². The molecule has 0 amide bonds. The molecule has 2 aromatic carbocycles. The number of hydrogen-bond acceptors (Lipinski definition) is 6. The number of cyclic esters (lactones) is 1. The molecule has 2 aromatic rings. The van der Waals surface area contributed by atoms with E-state index in [4.69, 9.17) is 14.2 Å². The van der Waals surface area contributed by atoms with Crippen molar-refractivity contribution in [3.63, 3.8) is 0 Å². The smallest absolute Gasteiger partial charge is 0.339 e. The molecule has 0 aromatic heterocycles. The maximum Gasteiger partial charge on any atom is 0.339 e. The van der Waals surface area contributed by atoms with Gasteiger partial charge in [0.05, 0.1) is 24.7 Å². The molecule has 3 rings (SSSR count). The summed E-state index contributed by atoms with van der Waals surface area (Å²) >= 11 is 0. The second-order valence-electron chi connectivity index (χ2n) is 5.31. The molecule has 0 spiro atoms. The molecule has 0 saturated heterocycles. The minimum atomic E-state index is -0.570. The number of methoxy groups -OCH3 is 2. The van der Waals surface area contributed by atoms with Gasteiger partial charge in [-0.05, 0) is 23.3 Å². The third-order valence-corrected chi connectivity index (χ3v) is 3.96. The number of rotatable bonds is 4. The third kappa shape index (κ3) is 2.76. The number of fused-ring (bicyclic) bond motifs is 1. The highest BCUT2D eigenvalue weighted by Crippen LogP contribution is 2.36. The van der Waals surface area contributed by atoms with Crippen LogP contribution in [0, 0.1) is 10.1 Å². The van der Waals surface area contributed by atoms with Crippen LogP contribution in [0.2, 0.25) is 0 Å². The van der Waals surface area contributed by atoms with Crippen molar-refractivity contribution < 1.29 is 23.9 Å². The molecule has 0 fully saturated rings. The van der Waals surface area contributed by atoms with Gasteiger partial charge in [0.15, 0.2) is 11.5 Å². The molecule has 1 aliphatic rings. The summed E-state index contributed by atoms with van der Waals surface area (Å²) in [6, 6.07) is 9.55. The maximum absolute atomic E-state index is 12.2. The number of ether oxygens (including phenoxy) is 3. The van der Waals surface area contributed by atoms with E-state index in [9.17, 15) is 14.9 Å². The van der Waals surface area contributed by atoms with Crippen molar-refractivity contribution in [1.82, 2.24) is 0 Å². The highest BCUT2D eigenvalue weighted by atomic mass is 16.6. The van der Waals surface area contributed by atoms with Crippen LogP contribution in [0.1, 0.15) is 27.6 Å². The van der Waals surface area contributed by atoms with Gasteiger partial charge in [-0.25, -0.2) is 4.79 Å². The van der Waals surface area contributed by atoms with Gasteiger partial charge in [-0.3, -0.25) is 10.1 Å². The minimum Gasteiger partial charge on any atom is -0.493 e. The van der Waals surface area contributed by atoms with Gasteiger partial charge in [0, 0.05) is 18.6 Å². The van der Waals surface area contributed by atoms with E-state index < -0.39 is 17.0 Å². The first-order chi connectivity index (χ1) is 11.5. The predicted octanol–water partition coefficient (Wildman–Crippen LogP) is 3.07. The summed E-state index contributed by atoms with van der Waals surface area (Å²) in [4.78, 5) is 22.5. The van der Waals surface area contributed by atoms with Crippen LogP contribution < -0.4 is 9.47 Å². The average molecular weight is 329 g/mol. The maximum atomic E-state index is 12.2. The SMILES string of the molecule is COc1ccc(C2Cc3ccc([N+](=O)[O-])cc3C(=O)O2)cc1OC. The lowest BCUT2D eigenvalue weighted by Crippen LogP contribution is -2.22. The van der Waals surface area contributed by atoms with Gasteiger partial charge in [-0.2, -0.15) is 0 Å². The Balaban J connectivity index is 1.93. The van der Waals surface area contributed by atoms with Crippen LogP contribution in [0.4, 0.5) is 5.69 Å². The molecule has 124 valence electrons. The third-order valence-electron chi connectivity index (χ3n) is 3.96. The van der Waals surface area contributed by atoms with Crippen LogP contribution in [0.5, 0.6) is 11.5 Å². The van der Waals surface area contributed by atoms with Crippen molar-refractivity contribution in [2.75, 3.05) is 14.2 Å². The number of carbonyl (C=O) groups is 1. The Kier molecular flexibility index (Phi) is 4.07. The molecule has 7 heteroatoms. The molecule has 0 saturated carbocycles. The number of carbonyl (C=O) groups excluding carboxylic acids is 1.